The highest BCUT2D eigenvalue weighted by atomic mass is 19.1. The molecule has 0 aliphatic rings. The maximum Gasteiger partial charge on any atom is 0.222 e. The van der Waals surface area contributed by atoms with Gasteiger partial charge in [-0.25, -0.2) is 9.37 Å². The number of rotatable bonds is 8. The van der Waals surface area contributed by atoms with Gasteiger partial charge in [-0.05, 0) is 30.7 Å². The van der Waals surface area contributed by atoms with E-state index < -0.39 is 11.8 Å². The van der Waals surface area contributed by atoms with Crippen LogP contribution in [-0.4, -0.2) is 33.6 Å². The molecule has 0 aliphatic heterocycles. The van der Waals surface area contributed by atoms with Gasteiger partial charge in [-0.3, -0.25) is 14.6 Å². The smallest absolute Gasteiger partial charge is 0.222 e. The molecule has 3 rings (SSSR count). The van der Waals surface area contributed by atoms with Gasteiger partial charge in [-0.2, -0.15) is 4.39 Å². The Morgan fingerprint density at radius 1 is 1.03 bits per heavy atom. The van der Waals surface area contributed by atoms with E-state index in [1.54, 1.807) is 50.4 Å². The third kappa shape index (κ3) is 5.57. The summed E-state index contributed by atoms with van der Waals surface area (Å²) >= 11 is 0. The molecule has 0 radical (unpaired) electrons. The summed E-state index contributed by atoms with van der Waals surface area (Å²) in [6, 6.07) is 11.2. The molecular weight excluding hydrogens is 400 g/mol. The number of pyridine rings is 2. The minimum Gasteiger partial charge on any atom is -0.341 e. The van der Waals surface area contributed by atoms with Gasteiger partial charge in [0.05, 0.1) is 5.69 Å². The molecule has 31 heavy (non-hydrogen) atoms. The van der Waals surface area contributed by atoms with Crippen LogP contribution in [0.2, 0.25) is 0 Å². The number of ketones is 1. The van der Waals surface area contributed by atoms with E-state index in [1.807, 2.05) is 0 Å². The highest BCUT2D eigenvalue weighted by Gasteiger charge is 2.13. The van der Waals surface area contributed by atoms with Gasteiger partial charge in [-0.15, -0.1) is 0 Å². The molecule has 2 aromatic heterocycles. The second-order valence-corrected chi connectivity index (χ2v) is 7.22. The molecule has 1 amide bonds. The van der Waals surface area contributed by atoms with Gasteiger partial charge in [0.1, 0.15) is 5.82 Å². The first-order valence-corrected chi connectivity index (χ1v) is 10.0. The fourth-order valence-electron chi connectivity index (χ4n) is 3.18. The Morgan fingerprint density at radius 2 is 1.84 bits per heavy atom. The number of hydrogen-bond donors (Lipinski definition) is 0. The number of amides is 1. The maximum absolute atomic E-state index is 14.5. The first-order valence-electron chi connectivity index (χ1n) is 10.0. The van der Waals surface area contributed by atoms with Crippen molar-refractivity contribution in [3.05, 3.63) is 83.3 Å². The van der Waals surface area contributed by atoms with Crippen molar-refractivity contribution in [1.82, 2.24) is 14.9 Å². The zero-order chi connectivity index (χ0) is 22.4. The highest BCUT2D eigenvalue weighted by Crippen LogP contribution is 2.22. The Morgan fingerprint density at radius 3 is 2.48 bits per heavy atom. The predicted octanol–water partition coefficient (Wildman–Crippen LogP) is 4.61. The van der Waals surface area contributed by atoms with Gasteiger partial charge < -0.3 is 4.90 Å². The summed E-state index contributed by atoms with van der Waals surface area (Å²) in [5.74, 6) is -1.21. The Hall–Kier alpha value is -3.48. The van der Waals surface area contributed by atoms with Crippen LogP contribution in [0.25, 0.3) is 11.3 Å². The van der Waals surface area contributed by atoms with E-state index in [9.17, 15) is 18.4 Å². The molecule has 0 atom stereocenters. The van der Waals surface area contributed by atoms with E-state index in [0.29, 0.717) is 34.4 Å². The van der Waals surface area contributed by atoms with Crippen LogP contribution in [0.15, 0.2) is 54.9 Å². The van der Waals surface area contributed by atoms with Gasteiger partial charge in [0, 0.05) is 61.1 Å². The van der Waals surface area contributed by atoms with Crippen LogP contribution < -0.4 is 0 Å². The molecule has 0 fully saturated rings. The lowest BCUT2D eigenvalue weighted by Gasteiger charge is -2.17. The number of aromatic nitrogens is 2. The molecule has 0 aliphatic carbocycles. The largest absolute Gasteiger partial charge is 0.341 e. The summed E-state index contributed by atoms with van der Waals surface area (Å²) in [6.07, 6.45) is 3.56. The van der Waals surface area contributed by atoms with Crippen LogP contribution >= 0.6 is 0 Å². The summed E-state index contributed by atoms with van der Waals surface area (Å²) in [5, 5.41) is 0. The topological polar surface area (TPSA) is 63.2 Å². The monoisotopic (exact) mass is 423 g/mol. The maximum atomic E-state index is 14.5. The van der Waals surface area contributed by atoms with Crippen molar-refractivity contribution in [3.63, 3.8) is 0 Å². The summed E-state index contributed by atoms with van der Waals surface area (Å²) in [4.78, 5) is 33.4. The molecular formula is C24H23F2N3O2. The summed E-state index contributed by atoms with van der Waals surface area (Å²) in [5.41, 5.74) is 2.31. The number of nitrogens with zero attached hydrogens (tertiary/aromatic N) is 3. The summed E-state index contributed by atoms with van der Waals surface area (Å²) < 4.78 is 28.1. The number of aryl methyl sites for hydroxylation is 1. The van der Waals surface area contributed by atoms with Crippen molar-refractivity contribution in [2.45, 2.75) is 32.7 Å². The Labute approximate surface area is 179 Å². The van der Waals surface area contributed by atoms with Gasteiger partial charge in [0.25, 0.3) is 0 Å². The van der Waals surface area contributed by atoms with E-state index in [2.05, 4.69) is 9.97 Å². The number of halogens is 2. The normalized spacial score (nSPS) is 10.7. The van der Waals surface area contributed by atoms with Gasteiger partial charge in [0.15, 0.2) is 5.78 Å². The average molecular weight is 423 g/mol. The van der Waals surface area contributed by atoms with Gasteiger partial charge >= 0.3 is 0 Å². The Bertz CT molecular complexity index is 1080. The van der Waals surface area contributed by atoms with E-state index in [1.165, 1.54) is 23.4 Å². The van der Waals surface area contributed by atoms with Crippen molar-refractivity contribution in [2.24, 2.45) is 0 Å². The van der Waals surface area contributed by atoms with Crippen molar-refractivity contribution in [3.8, 4) is 11.3 Å². The molecule has 2 heterocycles. The predicted molar refractivity (Wildman–Crippen MR) is 113 cm³/mol. The van der Waals surface area contributed by atoms with Crippen molar-refractivity contribution in [2.75, 3.05) is 7.05 Å². The van der Waals surface area contributed by atoms with Crippen LogP contribution in [0.5, 0.6) is 0 Å². The summed E-state index contributed by atoms with van der Waals surface area (Å²) in [6.45, 7) is 1.95. The average Bonchev–Trinajstić information content (AvgIpc) is 2.79. The lowest BCUT2D eigenvalue weighted by Crippen LogP contribution is -2.25. The lowest BCUT2D eigenvalue weighted by atomic mass is 10.0. The number of carbonyl (C=O) groups excluding carboxylic acids is 2. The molecule has 0 spiro atoms. The number of hydrogen-bond acceptors (Lipinski definition) is 4. The molecule has 0 bridgehead atoms. The molecule has 160 valence electrons. The minimum absolute atomic E-state index is 0.0586. The SMILES string of the molecule is CCC(=O)N(C)Cc1ccc(-c2ccc(C(=O)CCc3cccnc3F)cn2)cc1F. The van der Waals surface area contributed by atoms with Crippen LogP contribution in [0.1, 0.15) is 41.3 Å². The zero-order valence-electron chi connectivity index (χ0n) is 17.4. The second-order valence-electron chi connectivity index (χ2n) is 7.22. The van der Waals surface area contributed by atoms with Crippen molar-refractivity contribution in [1.29, 1.82) is 0 Å². The second kappa shape index (κ2) is 10.0. The number of benzene rings is 1. The molecule has 7 heteroatoms. The summed E-state index contributed by atoms with van der Waals surface area (Å²) in [7, 11) is 1.64. The third-order valence-corrected chi connectivity index (χ3v) is 5.03. The molecule has 0 N–H and O–H groups in total. The molecule has 0 saturated carbocycles. The molecule has 1 aromatic carbocycles. The first-order chi connectivity index (χ1) is 14.9. The quantitative estimate of drug-likeness (QED) is 0.392. The van der Waals surface area contributed by atoms with Crippen LogP contribution in [0.3, 0.4) is 0 Å². The highest BCUT2D eigenvalue weighted by molar-refractivity contribution is 5.96. The molecule has 0 saturated heterocycles. The van der Waals surface area contributed by atoms with E-state index in [-0.39, 0.29) is 31.1 Å². The molecule has 0 unspecified atom stereocenters. The van der Waals surface area contributed by atoms with E-state index >= 15 is 0 Å². The zero-order valence-corrected chi connectivity index (χ0v) is 17.4. The Balaban J connectivity index is 1.66. The van der Waals surface area contributed by atoms with Gasteiger partial charge in [-0.1, -0.05) is 25.1 Å². The lowest BCUT2D eigenvalue weighted by molar-refractivity contribution is -0.130. The Kier molecular flexibility index (Phi) is 7.18. The standard InChI is InChI=1S/C24H23F2N3O2/c1-3-23(31)29(2)15-19-7-6-17(13-20(19)25)21-10-8-18(14-28-21)22(30)11-9-16-5-4-12-27-24(16)26/h4-8,10,12-14H,3,9,11,15H2,1-2H3. The fourth-order valence-corrected chi connectivity index (χ4v) is 3.18. The fraction of sp³-hybridized carbons (Fsp3) is 0.250. The first kappa shape index (κ1) is 22.2. The number of carbonyl (C=O) groups is 2. The molecule has 5 nitrogen and oxygen atoms in total. The molecule has 3 aromatic rings. The third-order valence-electron chi connectivity index (χ3n) is 5.03. The van der Waals surface area contributed by atoms with Crippen LogP contribution in [0, 0.1) is 11.8 Å². The minimum atomic E-state index is -0.570. The van der Waals surface area contributed by atoms with E-state index in [0.717, 1.165) is 0 Å². The van der Waals surface area contributed by atoms with E-state index in [4.69, 9.17) is 0 Å². The van der Waals surface area contributed by atoms with Crippen molar-refractivity contribution >= 4 is 11.7 Å². The van der Waals surface area contributed by atoms with Gasteiger partial charge in [0.2, 0.25) is 11.9 Å². The number of Topliss-reactive ketones (excluding diaryl/α,β-unsaturated/α-hetero) is 1. The van der Waals surface area contributed by atoms with Crippen LogP contribution in [-0.2, 0) is 17.8 Å². The van der Waals surface area contributed by atoms with Crippen LogP contribution in [0.4, 0.5) is 8.78 Å². The van der Waals surface area contributed by atoms with Crippen molar-refractivity contribution < 1.29 is 18.4 Å².